The molecule has 0 saturated heterocycles. The summed E-state index contributed by atoms with van der Waals surface area (Å²) in [6.45, 7) is 1.38. The maximum atomic E-state index is 8.80. The Morgan fingerprint density at radius 2 is 1.67 bits per heavy atom. The van der Waals surface area contributed by atoms with Crippen molar-refractivity contribution >= 4 is 0 Å². The summed E-state index contributed by atoms with van der Waals surface area (Å²) in [5.74, 6) is 1.73. The minimum absolute atomic E-state index is 0.153. The monoisotopic (exact) mass is 256 g/mol. The van der Waals surface area contributed by atoms with Gasteiger partial charge < -0.3 is 19.7 Å². The Labute approximate surface area is 109 Å². The third kappa shape index (κ3) is 3.54. The van der Waals surface area contributed by atoms with E-state index in [1.807, 2.05) is 0 Å². The molecule has 0 aromatic rings. The Morgan fingerprint density at radius 1 is 1.00 bits per heavy atom. The summed E-state index contributed by atoms with van der Waals surface area (Å²) < 4.78 is 11.5. The summed E-state index contributed by atoms with van der Waals surface area (Å²) in [5.41, 5.74) is 0. The molecule has 0 aromatic heterocycles. The lowest BCUT2D eigenvalue weighted by atomic mass is 9.93. The third-order valence-electron chi connectivity index (χ3n) is 3.85. The molecule has 2 N–H and O–H groups in total. The smallest absolute Gasteiger partial charge is 0.160 e. The molecule has 0 aromatic carbocycles. The van der Waals surface area contributed by atoms with Crippen LogP contribution in [-0.2, 0) is 9.47 Å². The second-order valence-corrected chi connectivity index (χ2v) is 5.21. The lowest BCUT2D eigenvalue weighted by Crippen LogP contribution is -2.31. The van der Waals surface area contributed by atoms with Gasteiger partial charge in [0, 0.05) is 19.1 Å². The van der Waals surface area contributed by atoms with Gasteiger partial charge in [0.25, 0.3) is 0 Å². The zero-order valence-electron chi connectivity index (χ0n) is 10.8. The zero-order chi connectivity index (χ0) is 12.8. The van der Waals surface area contributed by atoms with Gasteiger partial charge >= 0.3 is 0 Å². The van der Waals surface area contributed by atoms with Crippen LogP contribution in [0.1, 0.15) is 25.7 Å². The Kier molecular flexibility index (Phi) is 5.63. The van der Waals surface area contributed by atoms with E-state index in [1.165, 1.54) is 6.42 Å². The van der Waals surface area contributed by atoms with Crippen molar-refractivity contribution in [1.82, 2.24) is 0 Å². The quantitative estimate of drug-likeness (QED) is 0.371. The SMILES string of the molecule is OCCCOC(OCCCO)C1CC2C=CC1C2. The van der Waals surface area contributed by atoms with Crippen LogP contribution in [0.3, 0.4) is 0 Å². The Hall–Kier alpha value is -0.420. The van der Waals surface area contributed by atoms with E-state index in [9.17, 15) is 0 Å². The van der Waals surface area contributed by atoms with E-state index >= 15 is 0 Å². The highest BCUT2D eigenvalue weighted by molar-refractivity contribution is 5.10. The highest BCUT2D eigenvalue weighted by Gasteiger charge is 2.41. The number of aliphatic hydroxyl groups excluding tert-OH is 2. The topological polar surface area (TPSA) is 58.9 Å². The van der Waals surface area contributed by atoms with Crippen LogP contribution >= 0.6 is 0 Å². The maximum absolute atomic E-state index is 8.80. The fourth-order valence-electron chi connectivity index (χ4n) is 2.96. The van der Waals surface area contributed by atoms with E-state index < -0.39 is 0 Å². The molecule has 3 atom stereocenters. The van der Waals surface area contributed by atoms with E-state index in [4.69, 9.17) is 19.7 Å². The van der Waals surface area contributed by atoms with E-state index in [2.05, 4.69) is 12.2 Å². The zero-order valence-corrected chi connectivity index (χ0v) is 10.8. The summed E-state index contributed by atoms with van der Waals surface area (Å²) >= 11 is 0. The van der Waals surface area contributed by atoms with Gasteiger partial charge in [-0.3, -0.25) is 0 Å². The van der Waals surface area contributed by atoms with Crippen molar-refractivity contribution in [2.45, 2.75) is 32.0 Å². The number of rotatable bonds is 9. The van der Waals surface area contributed by atoms with Gasteiger partial charge in [-0.15, -0.1) is 0 Å². The van der Waals surface area contributed by atoms with Crippen LogP contribution in [0, 0.1) is 17.8 Å². The van der Waals surface area contributed by atoms with Gasteiger partial charge in [-0.1, -0.05) is 12.2 Å². The summed E-state index contributed by atoms with van der Waals surface area (Å²) in [5, 5.41) is 17.6. The Morgan fingerprint density at radius 3 is 2.11 bits per heavy atom. The Bertz CT molecular complexity index is 257. The van der Waals surface area contributed by atoms with Crippen molar-refractivity contribution in [3.05, 3.63) is 12.2 Å². The molecular formula is C14H24O4. The van der Waals surface area contributed by atoms with Crippen LogP contribution in [0.25, 0.3) is 0 Å². The van der Waals surface area contributed by atoms with Crippen LogP contribution in [-0.4, -0.2) is 42.9 Å². The Balaban J connectivity index is 1.81. The first-order valence-corrected chi connectivity index (χ1v) is 6.98. The standard InChI is InChI=1S/C14H24O4/c15-5-1-7-17-14(18-8-2-6-16)13-10-11-3-4-12(13)9-11/h3-4,11-16H,1-2,5-10H2. The molecule has 1 fully saturated rings. The number of hydrogen-bond acceptors (Lipinski definition) is 4. The lowest BCUT2D eigenvalue weighted by Gasteiger charge is -2.28. The molecule has 104 valence electrons. The molecular weight excluding hydrogens is 232 g/mol. The first-order valence-electron chi connectivity index (χ1n) is 6.98. The van der Waals surface area contributed by atoms with Crippen molar-refractivity contribution in [3.63, 3.8) is 0 Å². The number of ether oxygens (including phenoxy) is 2. The third-order valence-corrected chi connectivity index (χ3v) is 3.85. The second kappa shape index (κ2) is 7.24. The van der Waals surface area contributed by atoms with E-state index in [-0.39, 0.29) is 19.5 Å². The molecule has 0 amide bonds. The number of allylic oxidation sites excluding steroid dienone is 2. The summed E-state index contributed by atoms with van der Waals surface area (Å²) in [7, 11) is 0. The van der Waals surface area contributed by atoms with Crippen LogP contribution in [0.4, 0.5) is 0 Å². The predicted octanol–water partition coefficient (Wildman–Crippen LogP) is 1.32. The molecule has 4 heteroatoms. The minimum Gasteiger partial charge on any atom is -0.396 e. The van der Waals surface area contributed by atoms with Gasteiger partial charge in [0.2, 0.25) is 0 Å². The van der Waals surface area contributed by atoms with Crippen molar-refractivity contribution in [2.24, 2.45) is 17.8 Å². The molecule has 2 rings (SSSR count). The number of hydrogen-bond donors (Lipinski definition) is 2. The van der Waals surface area contributed by atoms with Crippen LogP contribution in [0.15, 0.2) is 12.2 Å². The molecule has 0 radical (unpaired) electrons. The first kappa shape index (κ1) is 14.0. The minimum atomic E-state index is -0.178. The van der Waals surface area contributed by atoms with Crippen molar-refractivity contribution in [1.29, 1.82) is 0 Å². The number of fused-ring (bicyclic) bond motifs is 2. The van der Waals surface area contributed by atoms with E-state index in [1.54, 1.807) is 0 Å². The molecule has 2 bridgehead atoms. The highest BCUT2D eigenvalue weighted by Crippen LogP contribution is 2.45. The van der Waals surface area contributed by atoms with Gasteiger partial charge in [-0.2, -0.15) is 0 Å². The molecule has 4 nitrogen and oxygen atoms in total. The average Bonchev–Trinajstić information content (AvgIpc) is 2.99. The van der Waals surface area contributed by atoms with Gasteiger partial charge in [0.05, 0.1) is 13.2 Å². The molecule has 1 saturated carbocycles. The summed E-state index contributed by atoms with van der Waals surface area (Å²) in [6, 6.07) is 0. The fourth-order valence-corrected chi connectivity index (χ4v) is 2.96. The molecule has 2 aliphatic carbocycles. The van der Waals surface area contributed by atoms with Gasteiger partial charge in [0.15, 0.2) is 6.29 Å². The van der Waals surface area contributed by atoms with Crippen molar-refractivity contribution in [2.75, 3.05) is 26.4 Å². The first-order chi connectivity index (χ1) is 8.85. The average molecular weight is 256 g/mol. The van der Waals surface area contributed by atoms with E-state index in [0.717, 1.165) is 6.42 Å². The molecule has 0 aliphatic heterocycles. The fraction of sp³-hybridized carbons (Fsp3) is 0.857. The molecule has 18 heavy (non-hydrogen) atoms. The summed E-state index contributed by atoms with van der Waals surface area (Å²) in [4.78, 5) is 0. The molecule has 2 aliphatic rings. The predicted molar refractivity (Wildman–Crippen MR) is 67.9 cm³/mol. The van der Waals surface area contributed by atoms with E-state index in [0.29, 0.717) is 43.8 Å². The van der Waals surface area contributed by atoms with Gasteiger partial charge in [-0.25, -0.2) is 0 Å². The largest absolute Gasteiger partial charge is 0.396 e. The normalized spacial score (nSPS) is 29.6. The van der Waals surface area contributed by atoms with Crippen LogP contribution in [0.2, 0.25) is 0 Å². The molecule has 0 heterocycles. The van der Waals surface area contributed by atoms with Crippen molar-refractivity contribution < 1.29 is 19.7 Å². The van der Waals surface area contributed by atoms with Crippen molar-refractivity contribution in [3.8, 4) is 0 Å². The second-order valence-electron chi connectivity index (χ2n) is 5.21. The summed E-state index contributed by atoms with van der Waals surface area (Å²) in [6.07, 6.45) is 8.09. The maximum Gasteiger partial charge on any atom is 0.160 e. The van der Waals surface area contributed by atoms with Crippen LogP contribution < -0.4 is 0 Å². The van der Waals surface area contributed by atoms with Crippen LogP contribution in [0.5, 0.6) is 0 Å². The molecule has 0 spiro atoms. The van der Waals surface area contributed by atoms with Gasteiger partial charge in [0.1, 0.15) is 0 Å². The lowest BCUT2D eigenvalue weighted by molar-refractivity contribution is -0.179. The number of aliphatic hydroxyl groups is 2. The highest BCUT2D eigenvalue weighted by atomic mass is 16.7. The van der Waals surface area contributed by atoms with Gasteiger partial charge in [-0.05, 0) is 37.5 Å². The molecule has 3 unspecified atom stereocenters.